The summed E-state index contributed by atoms with van der Waals surface area (Å²) < 4.78 is 0. The van der Waals surface area contributed by atoms with Gasteiger partial charge in [-0.25, -0.2) is 9.97 Å². The number of nitrogens with zero attached hydrogens (tertiary/aromatic N) is 4. The summed E-state index contributed by atoms with van der Waals surface area (Å²) in [6.07, 6.45) is 3.81. The first kappa shape index (κ1) is 17.1. The van der Waals surface area contributed by atoms with Crippen molar-refractivity contribution < 1.29 is 4.79 Å². The van der Waals surface area contributed by atoms with Gasteiger partial charge in [0, 0.05) is 26.2 Å². The van der Waals surface area contributed by atoms with E-state index in [1.54, 1.807) is 6.33 Å². The highest BCUT2D eigenvalue weighted by atomic mass is 32.1. The molecular weight excluding hydrogens is 320 g/mol. The number of fused-ring (bicyclic) bond motifs is 1. The highest BCUT2D eigenvalue weighted by Gasteiger charge is 2.26. The minimum atomic E-state index is 0.160. The van der Waals surface area contributed by atoms with Gasteiger partial charge in [0.2, 0.25) is 0 Å². The number of aromatic nitrogens is 2. The minimum Gasteiger partial charge on any atom is -0.357 e. The van der Waals surface area contributed by atoms with Gasteiger partial charge in [-0.3, -0.25) is 4.79 Å². The quantitative estimate of drug-likeness (QED) is 0.846. The molecule has 0 atom stereocenters. The van der Waals surface area contributed by atoms with Gasteiger partial charge in [-0.1, -0.05) is 6.92 Å². The van der Waals surface area contributed by atoms with E-state index in [2.05, 4.69) is 35.6 Å². The lowest BCUT2D eigenvalue weighted by atomic mass is 9.99. The number of piperidine rings is 1. The van der Waals surface area contributed by atoms with Crippen LogP contribution in [0.1, 0.15) is 48.8 Å². The van der Waals surface area contributed by atoms with E-state index in [4.69, 9.17) is 0 Å². The van der Waals surface area contributed by atoms with Crippen molar-refractivity contribution in [2.75, 3.05) is 31.1 Å². The molecule has 0 aromatic carbocycles. The molecule has 0 spiro atoms. The highest BCUT2D eigenvalue weighted by Crippen LogP contribution is 2.35. The van der Waals surface area contributed by atoms with Crippen molar-refractivity contribution in [2.24, 2.45) is 5.92 Å². The number of thiophene rings is 1. The van der Waals surface area contributed by atoms with Gasteiger partial charge in [0.1, 0.15) is 17.0 Å². The molecule has 0 saturated carbocycles. The Hall–Kier alpha value is -1.69. The summed E-state index contributed by atoms with van der Waals surface area (Å²) in [5.41, 5.74) is 1.03. The van der Waals surface area contributed by atoms with E-state index in [1.165, 1.54) is 11.3 Å². The van der Waals surface area contributed by atoms with Crippen LogP contribution in [0.2, 0.25) is 0 Å². The maximum absolute atomic E-state index is 13.0. The molecule has 0 bridgehead atoms. The van der Waals surface area contributed by atoms with Crippen LogP contribution in [0.3, 0.4) is 0 Å². The average molecular weight is 347 g/mol. The van der Waals surface area contributed by atoms with Crippen LogP contribution in [0.25, 0.3) is 10.2 Å². The molecule has 0 unspecified atom stereocenters. The maximum atomic E-state index is 13.0. The number of aryl methyl sites for hydroxylation is 1. The first-order chi connectivity index (χ1) is 11.6. The summed E-state index contributed by atoms with van der Waals surface area (Å²) in [7, 11) is 0. The molecule has 1 aliphatic heterocycles. The van der Waals surface area contributed by atoms with Crippen molar-refractivity contribution in [1.82, 2.24) is 14.9 Å². The molecule has 3 heterocycles. The molecule has 1 aliphatic rings. The highest BCUT2D eigenvalue weighted by molar-refractivity contribution is 7.20. The van der Waals surface area contributed by atoms with Crippen LogP contribution in [0.15, 0.2) is 6.33 Å². The standard InChI is InChI=1S/C18H26N4OS/c1-5-21(6-2)16-14-13(4)15(24-17(14)20-11-19-16)18(23)22-9-7-12(3)8-10-22/h11-12H,5-10H2,1-4H3. The van der Waals surface area contributed by atoms with Gasteiger partial charge in [-0.15, -0.1) is 11.3 Å². The first-order valence-corrected chi connectivity index (χ1v) is 9.66. The number of amides is 1. The molecule has 0 N–H and O–H groups in total. The summed E-state index contributed by atoms with van der Waals surface area (Å²) in [6.45, 7) is 12.1. The molecule has 6 heteroatoms. The molecule has 1 fully saturated rings. The van der Waals surface area contributed by atoms with Crippen LogP contribution >= 0.6 is 11.3 Å². The lowest BCUT2D eigenvalue weighted by Crippen LogP contribution is -2.37. The van der Waals surface area contributed by atoms with E-state index in [0.717, 1.165) is 71.4 Å². The molecule has 1 saturated heterocycles. The van der Waals surface area contributed by atoms with E-state index < -0.39 is 0 Å². The van der Waals surface area contributed by atoms with E-state index in [-0.39, 0.29) is 5.91 Å². The normalized spacial score (nSPS) is 15.9. The van der Waals surface area contributed by atoms with E-state index in [0.29, 0.717) is 0 Å². The SMILES string of the molecule is CCN(CC)c1ncnc2sc(C(=O)N3CCC(C)CC3)c(C)c12. The third-order valence-electron chi connectivity index (χ3n) is 5.03. The third-order valence-corrected chi connectivity index (χ3v) is 6.22. The van der Waals surface area contributed by atoms with Gasteiger partial charge >= 0.3 is 0 Å². The number of anilines is 1. The second-order valence-electron chi connectivity index (χ2n) is 6.58. The number of likely N-dealkylation sites (tertiary alicyclic amines) is 1. The van der Waals surface area contributed by atoms with Crippen molar-refractivity contribution in [3.05, 3.63) is 16.8 Å². The molecular formula is C18H26N4OS. The van der Waals surface area contributed by atoms with Gasteiger partial charge in [0.05, 0.1) is 10.3 Å². The van der Waals surface area contributed by atoms with Crippen LogP contribution < -0.4 is 4.90 Å². The van der Waals surface area contributed by atoms with Crippen molar-refractivity contribution >= 4 is 33.3 Å². The molecule has 0 aliphatic carbocycles. The van der Waals surface area contributed by atoms with Gasteiger partial charge in [-0.2, -0.15) is 0 Å². The number of hydrogen-bond acceptors (Lipinski definition) is 5. The van der Waals surface area contributed by atoms with Crippen molar-refractivity contribution in [3.8, 4) is 0 Å². The Bertz CT molecular complexity index is 730. The molecule has 24 heavy (non-hydrogen) atoms. The summed E-state index contributed by atoms with van der Waals surface area (Å²) in [6, 6.07) is 0. The zero-order chi connectivity index (χ0) is 17.3. The predicted molar refractivity (Wildman–Crippen MR) is 100 cm³/mol. The zero-order valence-corrected chi connectivity index (χ0v) is 15.8. The van der Waals surface area contributed by atoms with Crippen molar-refractivity contribution in [1.29, 1.82) is 0 Å². The lowest BCUT2D eigenvalue weighted by molar-refractivity contribution is 0.0701. The third kappa shape index (κ3) is 2.99. The maximum Gasteiger partial charge on any atom is 0.264 e. The zero-order valence-electron chi connectivity index (χ0n) is 15.0. The lowest BCUT2D eigenvalue weighted by Gasteiger charge is -2.30. The Kier molecular flexibility index (Phi) is 5.04. The molecule has 1 amide bonds. The van der Waals surface area contributed by atoms with Gasteiger partial charge in [-0.05, 0) is 45.1 Å². The van der Waals surface area contributed by atoms with Crippen LogP contribution in [-0.4, -0.2) is 47.0 Å². The Morgan fingerprint density at radius 1 is 1.29 bits per heavy atom. The van der Waals surface area contributed by atoms with E-state index >= 15 is 0 Å². The molecule has 3 rings (SSSR count). The fraction of sp³-hybridized carbons (Fsp3) is 0.611. The fourth-order valence-corrected chi connectivity index (χ4v) is 4.49. The largest absolute Gasteiger partial charge is 0.357 e. The number of hydrogen-bond donors (Lipinski definition) is 0. The van der Waals surface area contributed by atoms with Gasteiger partial charge in [0.25, 0.3) is 5.91 Å². The van der Waals surface area contributed by atoms with Crippen LogP contribution in [0.4, 0.5) is 5.82 Å². The number of carbonyl (C=O) groups is 1. The molecule has 5 nitrogen and oxygen atoms in total. The Morgan fingerprint density at radius 2 is 1.96 bits per heavy atom. The van der Waals surface area contributed by atoms with Crippen LogP contribution in [0.5, 0.6) is 0 Å². The molecule has 2 aromatic heterocycles. The van der Waals surface area contributed by atoms with E-state index in [9.17, 15) is 4.79 Å². The predicted octanol–water partition coefficient (Wildman–Crippen LogP) is 3.72. The fourth-order valence-electron chi connectivity index (χ4n) is 3.38. The van der Waals surface area contributed by atoms with Crippen molar-refractivity contribution in [2.45, 2.75) is 40.5 Å². The Balaban J connectivity index is 1.99. The van der Waals surface area contributed by atoms with Crippen LogP contribution in [0, 0.1) is 12.8 Å². The number of carbonyl (C=O) groups excluding carboxylic acids is 1. The summed E-state index contributed by atoms with van der Waals surface area (Å²) >= 11 is 1.51. The van der Waals surface area contributed by atoms with E-state index in [1.807, 2.05) is 11.8 Å². The van der Waals surface area contributed by atoms with Crippen molar-refractivity contribution in [3.63, 3.8) is 0 Å². The minimum absolute atomic E-state index is 0.160. The van der Waals surface area contributed by atoms with Gasteiger partial charge < -0.3 is 9.80 Å². The summed E-state index contributed by atoms with van der Waals surface area (Å²) in [5, 5.41) is 1.04. The Labute approximate surface area is 147 Å². The average Bonchev–Trinajstić information content (AvgIpc) is 2.94. The smallest absolute Gasteiger partial charge is 0.264 e. The number of rotatable bonds is 4. The summed E-state index contributed by atoms with van der Waals surface area (Å²) in [5.74, 6) is 1.83. The topological polar surface area (TPSA) is 49.3 Å². The summed E-state index contributed by atoms with van der Waals surface area (Å²) in [4.78, 5) is 27.9. The second kappa shape index (κ2) is 7.05. The molecule has 130 valence electrons. The molecule has 2 aromatic rings. The Morgan fingerprint density at radius 3 is 2.58 bits per heavy atom. The molecule has 0 radical (unpaired) electrons. The second-order valence-corrected chi connectivity index (χ2v) is 7.58. The monoisotopic (exact) mass is 346 g/mol. The van der Waals surface area contributed by atoms with Gasteiger partial charge in [0.15, 0.2) is 0 Å². The first-order valence-electron chi connectivity index (χ1n) is 8.85. The van der Waals surface area contributed by atoms with Crippen LogP contribution in [-0.2, 0) is 0 Å².